The van der Waals surface area contributed by atoms with E-state index in [4.69, 9.17) is 16.3 Å². The van der Waals surface area contributed by atoms with Crippen molar-refractivity contribution in [3.8, 4) is 5.75 Å². The lowest BCUT2D eigenvalue weighted by Crippen LogP contribution is -2.14. The van der Waals surface area contributed by atoms with E-state index in [-0.39, 0.29) is 5.91 Å². The Labute approximate surface area is 162 Å². The molecule has 0 aliphatic rings. The van der Waals surface area contributed by atoms with Crippen molar-refractivity contribution in [2.75, 3.05) is 17.7 Å². The molecule has 1 amide bonds. The molecular weight excluding hydrogens is 364 g/mol. The quantitative estimate of drug-likeness (QED) is 0.665. The molecule has 138 valence electrons. The number of aromatic nitrogens is 2. The molecule has 0 bridgehead atoms. The molecule has 0 saturated carbocycles. The number of rotatable bonds is 5. The number of ether oxygens (including phenoxy) is 1. The maximum absolute atomic E-state index is 12.4. The Balaban J connectivity index is 1.69. The van der Waals surface area contributed by atoms with Crippen molar-refractivity contribution in [2.45, 2.75) is 13.8 Å². The lowest BCUT2D eigenvalue weighted by atomic mass is 10.1. The molecule has 2 aromatic carbocycles. The Morgan fingerprint density at radius 2 is 1.81 bits per heavy atom. The molecule has 0 atom stereocenters. The van der Waals surface area contributed by atoms with E-state index in [1.165, 1.54) is 12.4 Å². The van der Waals surface area contributed by atoms with E-state index in [0.717, 1.165) is 16.8 Å². The number of halogens is 1. The first-order chi connectivity index (χ1) is 13.0. The summed E-state index contributed by atoms with van der Waals surface area (Å²) in [6.45, 7) is 3.96. The summed E-state index contributed by atoms with van der Waals surface area (Å²) >= 11 is 6.10. The zero-order valence-corrected chi connectivity index (χ0v) is 16.0. The van der Waals surface area contributed by atoms with Gasteiger partial charge in [-0.05, 0) is 43.7 Å². The summed E-state index contributed by atoms with van der Waals surface area (Å²) in [6.07, 6.45) is 2.94. The summed E-state index contributed by atoms with van der Waals surface area (Å²) in [7, 11) is 1.55. The van der Waals surface area contributed by atoms with Crippen LogP contribution in [0.1, 0.15) is 21.5 Å². The molecule has 6 nitrogen and oxygen atoms in total. The van der Waals surface area contributed by atoms with E-state index >= 15 is 0 Å². The van der Waals surface area contributed by atoms with Crippen molar-refractivity contribution < 1.29 is 9.53 Å². The molecular formula is C20H19ClN4O2. The smallest absolute Gasteiger partial charge is 0.258 e. The summed E-state index contributed by atoms with van der Waals surface area (Å²) in [4.78, 5) is 20.8. The number of nitrogens with one attached hydrogen (secondary N) is 2. The Kier molecular flexibility index (Phi) is 5.57. The van der Waals surface area contributed by atoms with Gasteiger partial charge >= 0.3 is 0 Å². The maximum Gasteiger partial charge on any atom is 0.258 e. The Bertz CT molecular complexity index is 974. The minimum Gasteiger partial charge on any atom is -0.495 e. The molecule has 27 heavy (non-hydrogen) atoms. The van der Waals surface area contributed by atoms with Crippen LogP contribution in [0.2, 0.25) is 5.02 Å². The second-order valence-electron chi connectivity index (χ2n) is 6.04. The summed E-state index contributed by atoms with van der Waals surface area (Å²) in [5.74, 6) is 0.682. The number of carbonyl (C=O) groups is 1. The molecule has 0 fully saturated rings. The molecule has 2 N–H and O–H groups in total. The van der Waals surface area contributed by atoms with Crippen LogP contribution in [-0.2, 0) is 0 Å². The summed E-state index contributed by atoms with van der Waals surface area (Å²) < 4.78 is 5.12. The van der Waals surface area contributed by atoms with Crippen LogP contribution < -0.4 is 15.4 Å². The number of benzene rings is 2. The largest absolute Gasteiger partial charge is 0.495 e. The number of carbonyl (C=O) groups excluding carboxylic acids is 1. The van der Waals surface area contributed by atoms with Crippen LogP contribution in [0.15, 0.2) is 48.8 Å². The van der Waals surface area contributed by atoms with Crippen molar-refractivity contribution >= 4 is 34.8 Å². The first-order valence-electron chi connectivity index (χ1n) is 8.27. The zero-order chi connectivity index (χ0) is 19.4. The highest BCUT2D eigenvalue weighted by Gasteiger charge is 2.10. The second kappa shape index (κ2) is 8.05. The van der Waals surface area contributed by atoms with Crippen LogP contribution in [0.4, 0.5) is 17.3 Å². The van der Waals surface area contributed by atoms with Crippen molar-refractivity contribution in [1.82, 2.24) is 9.97 Å². The lowest BCUT2D eigenvalue weighted by Gasteiger charge is -2.10. The third-order valence-electron chi connectivity index (χ3n) is 3.95. The number of nitrogens with zero attached hydrogens (tertiary/aromatic N) is 2. The van der Waals surface area contributed by atoms with Gasteiger partial charge in [0.05, 0.1) is 17.7 Å². The zero-order valence-electron chi connectivity index (χ0n) is 15.2. The molecule has 0 saturated heterocycles. The molecule has 3 aromatic rings. The minimum atomic E-state index is -0.263. The average Bonchev–Trinajstić information content (AvgIpc) is 2.65. The fourth-order valence-corrected chi connectivity index (χ4v) is 2.79. The van der Waals surface area contributed by atoms with Crippen LogP contribution in [0, 0.1) is 13.8 Å². The number of methoxy groups -OCH3 is 1. The number of amides is 1. The SMILES string of the molecule is COc1ccc(Nc2ncc(C(=O)Nc3ccc(C)cc3C)cn2)cc1Cl. The van der Waals surface area contributed by atoms with Crippen LogP contribution in [0.25, 0.3) is 0 Å². The maximum atomic E-state index is 12.4. The summed E-state index contributed by atoms with van der Waals surface area (Å²) in [5.41, 5.74) is 3.99. The van der Waals surface area contributed by atoms with Gasteiger partial charge < -0.3 is 15.4 Å². The van der Waals surface area contributed by atoms with Gasteiger partial charge in [-0.1, -0.05) is 29.3 Å². The van der Waals surface area contributed by atoms with Gasteiger partial charge in [0.25, 0.3) is 5.91 Å². The Morgan fingerprint density at radius 1 is 1.07 bits per heavy atom. The predicted molar refractivity (Wildman–Crippen MR) is 107 cm³/mol. The number of hydrogen-bond donors (Lipinski definition) is 2. The van der Waals surface area contributed by atoms with E-state index in [9.17, 15) is 4.79 Å². The number of hydrogen-bond acceptors (Lipinski definition) is 5. The highest BCUT2D eigenvalue weighted by Crippen LogP contribution is 2.28. The molecule has 7 heteroatoms. The third-order valence-corrected chi connectivity index (χ3v) is 4.25. The highest BCUT2D eigenvalue weighted by atomic mass is 35.5. The van der Waals surface area contributed by atoms with E-state index in [1.54, 1.807) is 25.3 Å². The Hall–Kier alpha value is -3.12. The van der Waals surface area contributed by atoms with Gasteiger partial charge in [0.1, 0.15) is 5.75 Å². The van der Waals surface area contributed by atoms with Crippen molar-refractivity contribution in [1.29, 1.82) is 0 Å². The van der Waals surface area contributed by atoms with Crippen LogP contribution >= 0.6 is 11.6 Å². The molecule has 0 aliphatic carbocycles. The van der Waals surface area contributed by atoms with Gasteiger partial charge in [-0.15, -0.1) is 0 Å². The number of aryl methyl sites for hydroxylation is 2. The molecule has 0 spiro atoms. The minimum absolute atomic E-state index is 0.263. The van der Waals surface area contributed by atoms with Gasteiger partial charge in [-0.25, -0.2) is 9.97 Å². The molecule has 1 aromatic heterocycles. The van der Waals surface area contributed by atoms with Gasteiger partial charge in [-0.2, -0.15) is 0 Å². The van der Waals surface area contributed by atoms with Crippen molar-refractivity contribution in [3.63, 3.8) is 0 Å². The normalized spacial score (nSPS) is 10.4. The molecule has 0 radical (unpaired) electrons. The van der Waals surface area contributed by atoms with Crippen LogP contribution in [-0.4, -0.2) is 23.0 Å². The topological polar surface area (TPSA) is 76.1 Å². The lowest BCUT2D eigenvalue weighted by molar-refractivity contribution is 0.102. The third kappa shape index (κ3) is 4.54. The Morgan fingerprint density at radius 3 is 2.44 bits per heavy atom. The van der Waals surface area contributed by atoms with Gasteiger partial charge in [0, 0.05) is 23.8 Å². The van der Waals surface area contributed by atoms with E-state index < -0.39 is 0 Å². The average molecular weight is 383 g/mol. The van der Waals surface area contributed by atoms with Gasteiger partial charge in [0.15, 0.2) is 0 Å². The predicted octanol–water partition coefficient (Wildman–Crippen LogP) is 4.75. The van der Waals surface area contributed by atoms with E-state index in [2.05, 4.69) is 20.6 Å². The molecule has 1 heterocycles. The molecule has 0 unspecified atom stereocenters. The van der Waals surface area contributed by atoms with Crippen molar-refractivity contribution in [3.05, 3.63) is 70.5 Å². The fourth-order valence-electron chi connectivity index (χ4n) is 2.53. The van der Waals surface area contributed by atoms with Crippen molar-refractivity contribution in [2.24, 2.45) is 0 Å². The van der Waals surface area contributed by atoms with E-state index in [0.29, 0.717) is 28.0 Å². The second-order valence-corrected chi connectivity index (χ2v) is 6.45. The standard InChI is InChI=1S/C20H19ClN4O2/c1-12-4-6-17(13(2)8-12)25-19(26)14-10-22-20(23-11-14)24-15-5-7-18(27-3)16(21)9-15/h4-11H,1-3H3,(H,25,26)(H,22,23,24). The first-order valence-corrected chi connectivity index (χ1v) is 8.65. The van der Waals surface area contributed by atoms with Gasteiger partial charge in [-0.3, -0.25) is 4.79 Å². The van der Waals surface area contributed by atoms with Crippen LogP contribution in [0.5, 0.6) is 5.75 Å². The highest BCUT2D eigenvalue weighted by molar-refractivity contribution is 6.32. The fraction of sp³-hybridized carbons (Fsp3) is 0.150. The first kappa shape index (κ1) is 18.7. The molecule has 3 rings (SSSR count). The summed E-state index contributed by atoms with van der Waals surface area (Å²) in [5, 5.41) is 6.38. The van der Waals surface area contributed by atoms with Gasteiger partial charge in [0.2, 0.25) is 5.95 Å². The number of anilines is 3. The summed E-state index contributed by atoms with van der Waals surface area (Å²) in [6, 6.07) is 11.1. The van der Waals surface area contributed by atoms with Crippen LogP contribution in [0.3, 0.4) is 0 Å². The monoisotopic (exact) mass is 382 g/mol. The van der Waals surface area contributed by atoms with E-state index in [1.807, 2.05) is 32.0 Å². The molecule has 0 aliphatic heterocycles.